The second-order valence-corrected chi connectivity index (χ2v) is 8.55. The third kappa shape index (κ3) is 5.05. The molecule has 31 heavy (non-hydrogen) atoms. The van der Waals surface area contributed by atoms with E-state index in [1.807, 2.05) is 55.5 Å². The Morgan fingerprint density at radius 1 is 1.13 bits per heavy atom. The largest absolute Gasteiger partial charge is 0.490 e. The summed E-state index contributed by atoms with van der Waals surface area (Å²) >= 11 is 4.72. The van der Waals surface area contributed by atoms with Crippen molar-refractivity contribution in [2.75, 3.05) is 13.2 Å². The first-order valence-electron chi connectivity index (χ1n) is 9.64. The minimum absolute atomic E-state index is 0.0279. The Balaban J connectivity index is 1.40. The van der Waals surface area contributed by atoms with E-state index in [9.17, 15) is 4.79 Å². The molecule has 158 valence electrons. The van der Waals surface area contributed by atoms with Crippen LogP contribution in [-0.2, 0) is 4.79 Å². The van der Waals surface area contributed by atoms with Crippen molar-refractivity contribution in [3.63, 3.8) is 0 Å². The number of hydrazone groups is 1. The van der Waals surface area contributed by atoms with Gasteiger partial charge in [-0.15, -0.1) is 0 Å². The molecule has 1 N–H and O–H groups in total. The molecule has 0 saturated heterocycles. The van der Waals surface area contributed by atoms with Gasteiger partial charge in [0.2, 0.25) is 5.17 Å². The second-order valence-electron chi connectivity index (χ2n) is 6.59. The van der Waals surface area contributed by atoms with E-state index in [2.05, 4.69) is 26.0 Å². The molecule has 2 aromatic rings. The van der Waals surface area contributed by atoms with Crippen molar-refractivity contribution in [2.45, 2.75) is 13.3 Å². The third-order valence-electron chi connectivity index (χ3n) is 4.40. The normalized spacial score (nSPS) is 16.8. The van der Waals surface area contributed by atoms with Gasteiger partial charge in [-0.1, -0.05) is 35.0 Å². The maximum Gasteiger partial charge on any atom is 0.283 e. The number of nitrogens with zero attached hydrogens (tertiary/aromatic N) is 3. The highest BCUT2D eigenvalue weighted by molar-refractivity contribution is 9.10. The van der Waals surface area contributed by atoms with Gasteiger partial charge in [0.25, 0.3) is 5.91 Å². The van der Waals surface area contributed by atoms with Gasteiger partial charge < -0.3 is 9.47 Å². The zero-order chi connectivity index (χ0) is 21.8. The fraction of sp³-hybridized carbons (Fsp3) is 0.182. The standard InChI is InChI=1S/C22H19BrN4O3S/c1-2-19-26-27-20(24)18(21(28)25-22(27)31-19)13-14-4-3-5-17(12-14)30-11-10-29-16-8-6-15(23)7-9-16/h3-9,12-13,24H,2,10-11H2,1H3/b18-13-,24-20?. The topological polar surface area (TPSA) is 87.3 Å². The molecule has 0 unspecified atom stereocenters. The molecule has 0 spiro atoms. The second kappa shape index (κ2) is 9.49. The van der Waals surface area contributed by atoms with Gasteiger partial charge in [0.1, 0.15) is 29.8 Å². The van der Waals surface area contributed by atoms with Crippen LogP contribution in [0.4, 0.5) is 0 Å². The lowest BCUT2D eigenvalue weighted by molar-refractivity contribution is -0.114. The van der Waals surface area contributed by atoms with Crippen LogP contribution >= 0.6 is 27.7 Å². The van der Waals surface area contributed by atoms with Gasteiger partial charge in [0, 0.05) is 4.47 Å². The van der Waals surface area contributed by atoms with E-state index >= 15 is 0 Å². The van der Waals surface area contributed by atoms with Crippen molar-refractivity contribution < 1.29 is 14.3 Å². The Labute approximate surface area is 192 Å². The van der Waals surface area contributed by atoms with Gasteiger partial charge in [-0.3, -0.25) is 10.2 Å². The van der Waals surface area contributed by atoms with Gasteiger partial charge in [-0.25, -0.2) is 0 Å². The van der Waals surface area contributed by atoms with Crippen LogP contribution in [0.15, 0.2) is 68.7 Å². The highest BCUT2D eigenvalue weighted by Crippen LogP contribution is 2.29. The molecule has 2 aliphatic rings. The van der Waals surface area contributed by atoms with Crippen LogP contribution in [0.3, 0.4) is 0 Å². The molecule has 7 nitrogen and oxygen atoms in total. The summed E-state index contributed by atoms with van der Waals surface area (Å²) in [6, 6.07) is 14.9. The number of ether oxygens (including phenoxy) is 2. The Morgan fingerprint density at radius 2 is 1.87 bits per heavy atom. The minimum atomic E-state index is -0.439. The molecule has 9 heteroatoms. The highest BCUT2D eigenvalue weighted by atomic mass is 79.9. The van der Waals surface area contributed by atoms with Crippen molar-refractivity contribution in [1.82, 2.24) is 5.01 Å². The van der Waals surface area contributed by atoms with Gasteiger partial charge in [-0.05, 0) is 66.2 Å². The number of carbonyl (C=O) groups excluding carboxylic acids is 1. The predicted octanol–water partition coefficient (Wildman–Crippen LogP) is 4.94. The average Bonchev–Trinajstić information content (AvgIpc) is 3.19. The van der Waals surface area contributed by atoms with Crippen LogP contribution in [-0.4, -0.2) is 40.2 Å². The molecule has 0 bridgehead atoms. The molecule has 0 aromatic heterocycles. The fourth-order valence-electron chi connectivity index (χ4n) is 2.89. The molecule has 0 saturated carbocycles. The molecule has 0 aliphatic carbocycles. The first kappa shape index (κ1) is 21.3. The molecule has 0 fully saturated rings. The summed E-state index contributed by atoms with van der Waals surface area (Å²) in [6.45, 7) is 2.75. The van der Waals surface area contributed by atoms with Crippen LogP contribution in [0.2, 0.25) is 0 Å². The molecule has 2 aromatic carbocycles. The lowest BCUT2D eigenvalue weighted by Gasteiger charge is -2.20. The summed E-state index contributed by atoms with van der Waals surface area (Å²) in [5, 5.41) is 15.4. The zero-order valence-electron chi connectivity index (χ0n) is 16.7. The van der Waals surface area contributed by atoms with Crippen LogP contribution in [0.1, 0.15) is 18.9 Å². The van der Waals surface area contributed by atoms with Gasteiger partial charge in [-0.2, -0.15) is 15.1 Å². The van der Waals surface area contributed by atoms with Crippen molar-refractivity contribution in [3.05, 3.63) is 64.1 Å². The molecular formula is C22H19BrN4O3S. The molecule has 2 aliphatic heterocycles. The third-order valence-corrected chi connectivity index (χ3v) is 5.98. The maximum atomic E-state index is 12.5. The number of amidine groups is 2. The van der Waals surface area contributed by atoms with E-state index in [-0.39, 0.29) is 11.4 Å². The molecule has 0 radical (unpaired) electrons. The predicted molar refractivity (Wildman–Crippen MR) is 127 cm³/mol. The van der Waals surface area contributed by atoms with E-state index in [1.54, 1.807) is 6.08 Å². The smallest absolute Gasteiger partial charge is 0.283 e. The lowest BCUT2D eigenvalue weighted by atomic mass is 10.1. The number of hydrogen-bond donors (Lipinski definition) is 1. The summed E-state index contributed by atoms with van der Waals surface area (Å²) in [4.78, 5) is 16.5. The summed E-state index contributed by atoms with van der Waals surface area (Å²) in [7, 11) is 0. The Kier molecular flexibility index (Phi) is 6.53. The molecular weight excluding hydrogens is 480 g/mol. The van der Waals surface area contributed by atoms with Crippen molar-refractivity contribution in [3.8, 4) is 11.5 Å². The van der Waals surface area contributed by atoms with Crippen molar-refractivity contribution >= 4 is 55.7 Å². The van der Waals surface area contributed by atoms with E-state index in [4.69, 9.17) is 14.9 Å². The first-order valence-corrected chi connectivity index (χ1v) is 11.2. The summed E-state index contributed by atoms with van der Waals surface area (Å²) in [5.41, 5.74) is 0.936. The molecule has 4 rings (SSSR count). The number of fused-ring (bicyclic) bond motifs is 1. The van der Waals surface area contributed by atoms with E-state index in [1.165, 1.54) is 16.8 Å². The summed E-state index contributed by atoms with van der Waals surface area (Å²) < 4.78 is 12.4. The number of hydrogen-bond acceptors (Lipinski definition) is 6. The van der Waals surface area contributed by atoms with E-state index in [0.717, 1.165) is 27.3 Å². The monoisotopic (exact) mass is 498 g/mol. The molecule has 1 amide bonds. The number of carbonyl (C=O) groups is 1. The molecule has 2 heterocycles. The summed E-state index contributed by atoms with van der Waals surface area (Å²) in [6.07, 6.45) is 2.37. The van der Waals surface area contributed by atoms with Gasteiger partial charge >= 0.3 is 0 Å². The Hall–Kier alpha value is -2.91. The van der Waals surface area contributed by atoms with Crippen LogP contribution < -0.4 is 9.47 Å². The van der Waals surface area contributed by atoms with Gasteiger partial charge in [0.05, 0.1) is 5.57 Å². The number of nitrogens with one attached hydrogen (secondary N) is 1. The van der Waals surface area contributed by atoms with Crippen LogP contribution in [0, 0.1) is 5.41 Å². The highest BCUT2D eigenvalue weighted by Gasteiger charge is 2.35. The van der Waals surface area contributed by atoms with E-state index in [0.29, 0.717) is 24.1 Å². The quantitative estimate of drug-likeness (QED) is 0.431. The number of thioether (sulfide) groups is 1. The average molecular weight is 499 g/mol. The van der Waals surface area contributed by atoms with Crippen LogP contribution in [0.5, 0.6) is 11.5 Å². The number of benzene rings is 2. The number of halogens is 1. The van der Waals surface area contributed by atoms with Crippen molar-refractivity contribution in [2.24, 2.45) is 10.1 Å². The van der Waals surface area contributed by atoms with Crippen molar-refractivity contribution in [1.29, 1.82) is 5.41 Å². The first-order chi connectivity index (χ1) is 15.0. The van der Waals surface area contributed by atoms with Crippen LogP contribution in [0.25, 0.3) is 6.08 Å². The molecule has 0 atom stereocenters. The maximum absolute atomic E-state index is 12.5. The fourth-order valence-corrected chi connectivity index (χ4v) is 3.97. The number of aliphatic imine (C=N–C) groups is 1. The SMILES string of the molecule is CCC1=NN2C(=N)/C(=C/c3cccc(OCCOc4ccc(Br)cc4)c3)C(=O)N=C2S1. The minimum Gasteiger partial charge on any atom is -0.490 e. The van der Waals surface area contributed by atoms with Gasteiger partial charge in [0.15, 0.2) is 5.84 Å². The Morgan fingerprint density at radius 3 is 2.61 bits per heavy atom. The number of rotatable bonds is 7. The zero-order valence-corrected chi connectivity index (χ0v) is 19.1. The summed E-state index contributed by atoms with van der Waals surface area (Å²) in [5.74, 6) is 1.01. The lowest BCUT2D eigenvalue weighted by Crippen LogP contribution is -2.35. The number of amides is 1. The Bertz CT molecular complexity index is 1110. The van der Waals surface area contributed by atoms with E-state index < -0.39 is 5.91 Å².